The number of ether oxygens (including phenoxy) is 1. The van der Waals surface area contributed by atoms with E-state index in [9.17, 15) is 0 Å². The van der Waals surface area contributed by atoms with Crippen LogP contribution in [-0.4, -0.2) is 114 Å². The molecule has 1 aliphatic heterocycles. The molecule has 0 aromatic heterocycles. The van der Waals surface area contributed by atoms with E-state index in [4.69, 9.17) is 4.74 Å². The highest BCUT2D eigenvalue weighted by Gasteiger charge is 2.18. The number of hydrogen-bond donors (Lipinski definition) is 2. The molecule has 0 bridgehead atoms. The van der Waals surface area contributed by atoms with Crippen LogP contribution in [0.1, 0.15) is 13.3 Å². The molecule has 0 aromatic rings. The monoisotopic (exact) mass is 470 g/mol. The van der Waals surface area contributed by atoms with Gasteiger partial charge in [0.05, 0.1) is 0 Å². The third kappa shape index (κ3) is 11.2. The molecule has 1 unspecified atom stereocenters. The van der Waals surface area contributed by atoms with Crippen molar-refractivity contribution < 1.29 is 4.74 Å². The number of methoxy groups -OCH3 is 1. The van der Waals surface area contributed by atoms with Crippen molar-refractivity contribution in [3.05, 3.63) is 0 Å². The topological polar surface area (TPSA) is 55.4 Å². The van der Waals surface area contributed by atoms with Crippen molar-refractivity contribution >= 4 is 29.9 Å². The van der Waals surface area contributed by atoms with Gasteiger partial charge in [-0.05, 0) is 27.4 Å². The van der Waals surface area contributed by atoms with Crippen molar-refractivity contribution in [2.45, 2.75) is 19.4 Å². The van der Waals surface area contributed by atoms with Gasteiger partial charge >= 0.3 is 0 Å². The number of likely N-dealkylation sites (N-methyl/N-ethyl adjacent to an activating group) is 2. The van der Waals surface area contributed by atoms with Crippen molar-refractivity contribution in [3.8, 4) is 0 Å². The fourth-order valence-electron chi connectivity index (χ4n) is 2.81. The van der Waals surface area contributed by atoms with Crippen LogP contribution in [0.5, 0.6) is 0 Å². The molecular weight excluding hydrogens is 431 g/mol. The van der Waals surface area contributed by atoms with Gasteiger partial charge in [0.25, 0.3) is 0 Å². The van der Waals surface area contributed by atoms with Crippen LogP contribution < -0.4 is 10.6 Å². The first-order valence-electron chi connectivity index (χ1n) is 9.11. The maximum Gasteiger partial charge on any atom is 0.191 e. The molecule has 8 heteroatoms. The fourth-order valence-corrected chi connectivity index (χ4v) is 2.81. The lowest BCUT2D eigenvalue weighted by Crippen LogP contribution is -2.52. The lowest BCUT2D eigenvalue weighted by Gasteiger charge is -2.36. The predicted molar refractivity (Wildman–Crippen MR) is 117 cm³/mol. The number of piperazine rings is 1. The normalized spacial score (nSPS) is 18.1. The molecule has 7 nitrogen and oxygen atoms in total. The Morgan fingerprint density at radius 1 is 1.20 bits per heavy atom. The second kappa shape index (κ2) is 15.0. The molecule has 1 aliphatic rings. The second-order valence-electron chi connectivity index (χ2n) is 6.72. The van der Waals surface area contributed by atoms with Gasteiger partial charge < -0.3 is 25.2 Å². The number of halogens is 1. The Labute approximate surface area is 171 Å². The highest BCUT2D eigenvalue weighted by atomic mass is 127. The van der Waals surface area contributed by atoms with E-state index in [1.165, 1.54) is 0 Å². The maximum atomic E-state index is 5.08. The number of nitrogens with one attached hydrogen (secondary N) is 2. The minimum Gasteiger partial charge on any atom is -0.385 e. The van der Waals surface area contributed by atoms with Gasteiger partial charge in [-0.2, -0.15) is 0 Å². The molecule has 0 amide bonds. The number of rotatable bonds is 10. The largest absolute Gasteiger partial charge is 0.385 e. The average molecular weight is 470 g/mol. The zero-order valence-corrected chi connectivity index (χ0v) is 19.1. The summed E-state index contributed by atoms with van der Waals surface area (Å²) in [6.45, 7) is 11.6. The van der Waals surface area contributed by atoms with Crippen LogP contribution in [0, 0.1) is 0 Å². The van der Waals surface area contributed by atoms with E-state index in [0.717, 1.165) is 71.3 Å². The molecule has 150 valence electrons. The number of nitrogens with zero attached hydrogens (tertiary/aromatic N) is 4. The maximum absolute atomic E-state index is 5.08. The standard InChI is InChI=1S/C17H38N6O.HI/c1-16(23-12-10-22(4)11-13-23)15-20-17(18-2)19-7-9-21(3)8-6-14-24-5;/h16H,6-15H2,1-5H3,(H2,18,19,20);1H. The van der Waals surface area contributed by atoms with Crippen molar-refractivity contribution in [2.24, 2.45) is 4.99 Å². The van der Waals surface area contributed by atoms with Crippen molar-refractivity contribution in [2.75, 3.05) is 87.2 Å². The van der Waals surface area contributed by atoms with Crippen LogP contribution >= 0.6 is 24.0 Å². The number of guanidine groups is 1. The Balaban J connectivity index is 0.00000576. The van der Waals surface area contributed by atoms with E-state index in [0.29, 0.717) is 6.04 Å². The van der Waals surface area contributed by atoms with Crippen LogP contribution in [0.25, 0.3) is 0 Å². The fraction of sp³-hybridized carbons (Fsp3) is 0.941. The van der Waals surface area contributed by atoms with Gasteiger partial charge in [-0.15, -0.1) is 24.0 Å². The second-order valence-corrected chi connectivity index (χ2v) is 6.72. The zero-order valence-electron chi connectivity index (χ0n) is 16.8. The summed E-state index contributed by atoms with van der Waals surface area (Å²) in [7, 11) is 7.92. The smallest absolute Gasteiger partial charge is 0.191 e. The lowest BCUT2D eigenvalue weighted by molar-refractivity contribution is 0.120. The van der Waals surface area contributed by atoms with Gasteiger partial charge in [0, 0.05) is 79.2 Å². The Bertz CT molecular complexity index is 350. The van der Waals surface area contributed by atoms with Gasteiger partial charge in [0.15, 0.2) is 5.96 Å². The van der Waals surface area contributed by atoms with Crippen LogP contribution in [0.3, 0.4) is 0 Å². The first-order chi connectivity index (χ1) is 11.6. The summed E-state index contributed by atoms with van der Waals surface area (Å²) in [6, 6.07) is 0.522. The molecular formula is C17H39IN6O. The van der Waals surface area contributed by atoms with Crippen LogP contribution in [0.4, 0.5) is 0 Å². The van der Waals surface area contributed by atoms with E-state index in [1.54, 1.807) is 7.11 Å². The van der Waals surface area contributed by atoms with Crippen LogP contribution in [-0.2, 0) is 4.74 Å². The summed E-state index contributed by atoms with van der Waals surface area (Å²) >= 11 is 0. The van der Waals surface area contributed by atoms with E-state index >= 15 is 0 Å². The molecule has 2 N–H and O–H groups in total. The van der Waals surface area contributed by atoms with Crippen molar-refractivity contribution in [1.82, 2.24) is 25.3 Å². The SMILES string of the molecule is CN=C(NCCN(C)CCCOC)NCC(C)N1CCN(C)CC1.I. The van der Waals surface area contributed by atoms with Crippen LogP contribution in [0.2, 0.25) is 0 Å². The summed E-state index contributed by atoms with van der Waals surface area (Å²) < 4.78 is 5.08. The third-order valence-corrected chi connectivity index (χ3v) is 4.62. The first-order valence-corrected chi connectivity index (χ1v) is 9.11. The predicted octanol–water partition coefficient (Wildman–Crippen LogP) is 0.374. The summed E-state index contributed by atoms with van der Waals surface area (Å²) in [5.74, 6) is 0.890. The Morgan fingerprint density at radius 2 is 1.88 bits per heavy atom. The van der Waals surface area contributed by atoms with E-state index in [1.807, 2.05) is 7.05 Å². The molecule has 0 saturated carbocycles. The number of aliphatic imine (C=N–C) groups is 1. The minimum absolute atomic E-state index is 0. The molecule has 1 saturated heterocycles. The van der Waals surface area contributed by atoms with Crippen LogP contribution in [0.15, 0.2) is 4.99 Å². The average Bonchev–Trinajstić information content (AvgIpc) is 2.58. The van der Waals surface area contributed by atoms with E-state index in [2.05, 4.69) is 51.3 Å². The molecule has 1 fully saturated rings. The summed E-state index contributed by atoms with van der Waals surface area (Å²) in [5, 5.41) is 6.84. The third-order valence-electron chi connectivity index (χ3n) is 4.62. The number of hydrogen-bond acceptors (Lipinski definition) is 5. The van der Waals surface area contributed by atoms with E-state index < -0.39 is 0 Å². The molecule has 1 heterocycles. The quantitative estimate of drug-likeness (QED) is 0.208. The first kappa shape index (κ1) is 24.8. The Morgan fingerprint density at radius 3 is 2.48 bits per heavy atom. The molecule has 0 spiro atoms. The van der Waals surface area contributed by atoms with E-state index in [-0.39, 0.29) is 24.0 Å². The molecule has 1 rings (SSSR count). The molecule has 0 aliphatic carbocycles. The molecule has 0 radical (unpaired) electrons. The minimum atomic E-state index is 0. The van der Waals surface area contributed by atoms with Crippen molar-refractivity contribution in [3.63, 3.8) is 0 Å². The van der Waals surface area contributed by atoms with Gasteiger partial charge in [0.2, 0.25) is 0 Å². The molecule has 1 atom stereocenters. The summed E-state index contributed by atoms with van der Waals surface area (Å²) in [6.07, 6.45) is 1.07. The Hall–Kier alpha value is -0.160. The highest BCUT2D eigenvalue weighted by Crippen LogP contribution is 2.03. The van der Waals surface area contributed by atoms with Gasteiger partial charge in [-0.1, -0.05) is 0 Å². The van der Waals surface area contributed by atoms with Gasteiger partial charge in [-0.25, -0.2) is 0 Å². The van der Waals surface area contributed by atoms with Gasteiger partial charge in [0.1, 0.15) is 0 Å². The summed E-state index contributed by atoms with van der Waals surface area (Å²) in [5.41, 5.74) is 0. The molecule has 0 aromatic carbocycles. The van der Waals surface area contributed by atoms with Crippen molar-refractivity contribution in [1.29, 1.82) is 0 Å². The highest BCUT2D eigenvalue weighted by molar-refractivity contribution is 14.0. The lowest BCUT2D eigenvalue weighted by atomic mass is 10.2. The van der Waals surface area contributed by atoms with Gasteiger partial charge in [-0.3, -0.25) is 9.89 Å². The Kier molecular flexibility index (Phi) is 14.9. The zero-order chi connectivity index (χ0) is 17.8. The summed E-state index contributed by atoms with van der Waals surface area (Å²) in [4.78, 5) is 11.6. The molecule has 25 heavy (non-hydrogen) atoms.